The van der Waals surface area contributed by atoms with Crippen molar-refractivity contribution in [3.05, 3.63) is 74.6 Å². The predicted octanol–water partition coefficient (Wildman–Crippen LogP) is 4.87. The van der Waals surface area contributed by atoms with Crippen LogP contribution in [0.15, 0.2) is 58.6 Å². The van der Waals surface area contributed by atoms with E-state index in [1.807, 2.05) is 31.2 Å². The Morgan fingerprint density at radius 3 is 2.88 bits per heavy atom. The maximum Gasteiger partial charge on any atom is 0.265 e. The highest BCUT2D eigenvalue weighted by Crippen LogP contribution is 2.34. The zero-order chi connectivity index (χ0) is 22.4. The number of benzene rings is 2. The summed E-state index contributed by atoms with van der Waals surface area (Å²) >= 11 is 13.6. The Kier molecular flexibility index (Phi) is 5.44. The second kappa shape index (κ2) is 8.27. The lowest BCUT2D eigenvalue weighted by molar-refractivity contribution is -0.116. The lowest BCUT2D eigenvalue weighted by Gasteiger charge is -2.14. The fourth-order valence-electron chi connectivity index (χ4n) is 3.75. The van der Waals surface area contributed by atoms with E-state index in [1.54, 1.807) is 27.4 Å². The van der Waals surface area contributed by atoms with E-state index in [9.17, 15) is 9.59 Å². The highest BCUT2D eigenvalue weighted by molar-refractivity contribution is 7.99. The second-order valence-corrected chi connectivity index (χ2v) is 9.29. The third-order valence-electron chi connectivity index (χ3n) is 5.26. The average Bonchev–Trinajstić information content (AvgIpc) is 3.36. The lowest BCUT2D eigenvalue weighted by atomic mass is 10.2. The quantitative estimate of drug-likeness (QED) is 0.416. The molecule has 0 saturated heterocycles. The first kappa shape index (κ1) is 21.1. The number of thioether (sulfide) groups is 1. The van der Waals surface area contributed by atoms with Gasteiger partial charge in [0, 0.05) is 12.2 Å². The molecule has 32 heavy (non-hydrogen) atoms. The molecule has 10 heteroatoms. The Labute approximate surface area is 197 Å². The predicted molar refractivity (Wildman–Crippen MR) is 127 cm³/mol. The van der Waals surface area contributed by atoms with Crippen molar-refractivity contribution in [2.24, 2.45) is 0 Å². The molecule has 7 nitrogen and oxygen atoms in total. The maximum absolute atomic E-state index is 13.3. The minimum Gasteiger partial charge on any atom is -0.325 e. The van der Waals surface area contributed by atoms with Crippen molar-refractivity contribution in [2.45, 2.75) is 24.5 Å². The first-order valence-electron chi connectivity index (χ1n) is 9.86. The first-order valence-corrected chi connectivity index (χ1v) is 11.6. The molecule has 2 aromatic heterocycles. The Hall–Kier alpha value is -2.81. The fraction of sp³-hybridized carbons (Fsp3) is 0.182. The maximum atomic E-state index is 13.3. The summed E-state index contributed by atoms with van der Waals surface area (Å²) in [5.74, 6) is 0.318. The molecule has 0 saturated carbocycles. The number of aromatic nitrogens is 4. The van der Waals surface area contributed by atoms with Crippen molar-refractivity contribution in [3.8, 4) is 5.69 Å². The van der Waals surface area contributed by atoms with Crippen molar-refractivity contribution in [1.29, 1.82) is 0 Å². The molecule has 0 radical (unpaired) electrons. The highest BCUT2D eigenvalue weighted by atomic mass is 35.5. The van der Waals surface area contributed by atoms with Crippen molar-refractivity contribution < 1.29 is 4.79 Å². The van der Waals surface area contributed by atoms with E-state index in [2.05, 4.69) is 10.4 Å². The number of amides is 1. The van der Waals surface area contributed by atoms with E-state index in [-0.39, 0.29) is 29.0 Å². The van der Waals surface area contributed by atoms with Gasteiger partial charge in [-0.05, 0) is 36.8 Å². The number of hydrogen-bond donors (Lipinski definition) is 1. The minimum absolute atomic E-state index is 0.113. The number of fused-ring (bicyclic) bond motifs is 2. The van der Waals surface area contributed by atoms with Crippen molar-refractivity contribution >= 4 is 57.6 Å². The Morgan fingerprint density at radius 2 is 2.06 bits per heavy atom. The van der Waals surface area contributed by atoms with Crippen LogP contribution in [0.5, 0.6) is 0 Å². The molecule has 2 aromatic carbocycles. The molecular weight excluding hydrogens is 469 g/mol. The van der Waals surface area contributed by atoms with Gasteiger partial charge in [-0.15, -0.1) is 0 Å². The van der Waals surface area contributed by atoms with Gasteiger partial charge < -0.3 is 5.32 Å². The summed E-state index contributed by atoms with van der Waals surface area (Å²) in [6, 6.07) is 12.6. The average molecular weight is 486 g/mol. The Balaban J connectivity index is 1.45. The highest BCUT2D eigenvalue weighted by Gasteiger charge is 2.29. The monoisotopic (exact) mass is 485 g/mol. The molecule has 1 aliphatic rings. The number of anilines is 1. The number of carbonyl (C=O) groups is 1. The van der Waals surface area contributed by atoms with Crippen molar-refractivity contribution in [2.75, 3.05) is 11.1 Å². The molecule has 162 valence electrons. The van der Waals surface area contributed by atoms with Crippen LogP contribution in [0.25, 0.3) is 16.7 Å². The first-order chi connectivity index (χ1) is 15.4. The number of nitrogens with zero attached hydrogens (tertiary/aromatic N) is 4. The van der Waals surface area contributed by atoms with Crippen LogP contribution in [0.4, 0.5) is 5.69 Å². The van der Waals surface area contributed by atoms with Gasteiger partial charge in [-0.2, -0.15) is 5.10 Å². The normalized spacial score (nSPS) is 15.2. The Bertz CT molecular complexity index is 1430. The van der Waals surface area contributed by atoms with Crippen LogP contribution in [0.3, 0.4) is 0 Å². The van der Waals surface area contributed by atoms with E-state index in [4.69, 9.17) is 28.2 Å². The summed E-state index contributed by atoms with van der Waals surface area (Å²) in [6.07, 6.45) is 1.65. The summed E-state index contributed by atoms with van der Waals surface area (Å²) in [4.78, 5) is 30.6. The van der Waals surface area contributed by atoms with Crippen LogP contribution in [-0.2, 0) is 4.79 Å². The number of aryl methyl sites for hydroxylation is 1. The van der Waals surface area contributed by atoms with Gasteiger partial charge in [-0.25, -0.2) is 9.67 Å². The summed E-state index contributed by atoms with van der Waals surface area (Å²) in [5, 5.41) is 8.82. The summed E-state index contributed by atoms with van der Waals surface area (Å²) in [5.41, 5.74) is 2.68. The molecule has 1 unspecified atom stereocenters. The number of nitrogens with one attached hydrogen (secondary N) is 1. The molecule has 4 aromatic rings. The zero-order valence-electron chi connectivity index (χ0n) is 16.9. The van der Waals surface area contributed by atoms with Gasteiger partial charge in [-0.3, -0.25) is 14.2 Å². The van der Waals surface area contributed by atoms with Crippen LogP contribution >= 0.6 is 35.0 Å². The van der Waals surface area contributed by atoms with Gasteiger partial charge in [0.05, 0.1) is 33.7 Å². The van der Waals surface area contributed by atoms with Crippen LogP contribution in [0.2, 0.25) is 10.0 Å². The van der Waals surface area contributed by atoms with Gasteiger partial charge >= 0.3 is 0 Å². The van der Waals surface area contributed by atoms with Gasteiger partial charge in [0.2, 0.25) is 5.91 Å². The second-order valence-electron chi connectivity index (χ2n) is 7.52. The molecule has 0 spiro atoms. The molecule has 5 rings (SSSR count). The molecule has 1 N–H and O–H groups in total. The minimum atomic E-state index is -0.320. The largest absolute Gasteiger partial charge is 0.325 e. The molecule has 3 heterocycles. The van der Waals surface area contributed by atoms with E-state index in [0.29, 0.717) is 32.7 Å². The zero-order valence-corrected chi connectivity index (χ0v) is 19.2. The number of hydrogen-bond acceptors (Lipinski definition) is 5. The van der Waals surface area contributed by atoms with Crippen LogP contribution < -0.4 is 10.9 Å². The Morgan fingerprint density at radius 1 is 1.25 bits per heavy atom. The van der Waals surface area contributed by atoms with E-state index >= 15 is 0 Å². The van der Waals surface area contributed by atoms with Crippen LogP contribution in [0.1, 0.15) is 18.0 Å². The fourth-order valence-corrected chi connectivity index (χ4v) is 5.22. The van der Waals surface area contributed by atoms with Crippen molar-refractivity contribution in [1.82, 2.24) is 19.3 Å². The molecule has 0 bridgehead atoms. The molecule has 1 amide bonds. The number of halogens is 2. The molecule has 0 aliphatic carbocycles. The molecule has 1 atom stereocenters. The number of rotatable bonds is 4. The summed E-state index contributed by atoms with van der Waals surface area (Å²) < 4.78 is 3.26. The van der Waals surface area contributed by atoms with Gasteiger partial charge in [0.1, 0.15) is 5.39 Å². The summed E-state index contributed by atoms with van der Waals surface area (Å²) in [7, 11) is 0. The smallest absolute Gasteiger partial charge is 0.265 e. The third kappa shape index (κ3) is 3.68. The third-order valence-corrected chi connectivity index (χ3v) is 7.18. The summed E-state index contributed by atoms with van der Waals surface area (Å²) in [6.45, 7) is 2.00. The molecule has 1 aliphatic heterocycles. The standard InChI is InChI=1S/C22H17Cl2N5O2S/c1-12-4-2-5-13(8-12)29-20-15(10-25-29)21(31)28-14(11-32-22(28)27-20)9-18(30)26-17-7-3-6-16(23)19(17)24/h2-8,10,14H,9,11H2,1H3,(H,26,30). The number of carbonyl (C=O) groups excluding carboxylic acids is 1. The van der Waals surface area contributed by atoms with Crippen molar-refractivity contribution in [3.63, 3.8) is 0 Å². The van der Waals surface area contributed by atoms with E-state index < -0.39 is 0 Å². The lowest BCUT2D eigenvalue weighted by Crippen LogP contribution is -2.27. The van der Waals surface area contributed by atoms with E-state index in [0.717, 1.165) is 11.3 Å². The van der Waals surface area contributed by atoms with E-state index in [1.165, 1.54) is 18.0 Å². The van der Waals surface area contributed by atoms with Crippen LogP contribution in [-0.4, -0.2) is 31.0 Å². The SMILES string of the molecule is Cc1cccc(-n2ncc3c(=O)n4c(nc32)SCC4CC(=O)Nc2cccc(Cl)c2Cl)c1. The molecular formula is C22H17Cl2N5O2S. The molecule has 0 fully saturated rings. The topological polar surface area (TPSA) is 81.8 Å². The van der Waals surface area contributed by atoms with Gasteiger partial charge in [-0.1, -0.05) is 53.2 Å². The van der Waals surface area contributed by atoms with Gasteiger partial charge in [0.25, 0.3) is 5.56 Å². The van der Waals surface area contributed by atoms with Crippen LogP contribution in [0, 0.1) is 6.92 Å². The van der Waals surface area contributed by atoms with Gasteiger partial charge in [0.15, 0.2) is 10.8 Å².